The molecule has 0 aromatic heterocycles. The largest absolute Gasteiger partial charge is 0.450 e. The van der Waals surface area contributed by atoms with Crippen molar-refractivity contribution in [2.45, 2.75) is 19.4 Å². The molecule has 0 radical (unpaired) electrons. The van der Waals surface area contributed by atoms with Crippen molar-refractivity contribution in [2.24, 2.45) is 10.8 Å². The Bertz CT molecular complexity index is 743. The fourth-order valence-corrected chi connectivity index (χ4v) is 3.17. The zero-order valence-electron chi connectivity index (χ0n) is 15.2. The van der Waals surface area contributed by atoms with Crippen LogP contribution >= 0.6 is 0 Å². The van der Waals surface area contributed by atoms with Gasteiger partial charge in [-0.15, -0.1) is 0 Å². The summed E-state index contributed by atoms with van der Waals surface area (Å²) in [6.07, 6.45) is -0.201. The topological polar surface area (TPSA) is 109 Å². The predicted octanol–water partition coefficient (Wildman–Crippen LogP) is 0.407. The highest BCUT2D eigenvalue weighted by Gasteiger charge is 2.37. The van der Waals surface area contributed by atoms with Gasteiger partial charge in [-0.2, -0.15) is 5.10 Å². The van der Waals surface area contributed by atoms with Gasteiger partial charge in [-0.3, -0.25) is 14.6 Å². The minimum atomic E-state index is -0.688. The van der Waals surface area contributed by atoms with Crippen molar-refractivity contribution in [3.05, 3.63) is 30.3 Å². The lowest BCUT2D eigenvalue weighted by atomic mass is 10.1. The Morgan fingerprint density at radius 3 is 2.33 bits per heavy atom. The molecular formula is C18H23N5O4. The minimum Gasteiger partial charge on any atom is -0.450 e. The van der Waals surface area contributed by atoms with E-state index in [-0.39, 0.29) is 18.4 Å². The van der Waals surface area contributed by atoms with Crippen molar-refractivity contribution < 1.29 is 19.1 Å². The van der Waals surface area contributed by atoms with Crippen LogP contribution < -0.4 is 10.7 Å². The van der Waals surface area contributed by atoms with Gasteiger partial charge in [0.05, 0.1) is 12.3 Å². The summed E-state index contributed by atoms with van der Waals surface area (Å²) in [6.45, 7) is 3.66. The van der Waals surface area contributed by atoms with Gasteiger partial charge in [0.2, 0.25) is 5.91 Å². The third-order valence-electron chi connectivity index (χ3n) is 4.60. The van der Waals surface area contributed by atoms with Gasteiger partial charge in [-0.25, -0.2) is 4.79 Å². The van der Waals surface area contributed by atoms with Crippen LogP contribution in [0.4, 0.5) is 10.5 Å². The molecule has 0 spiro atoms. The van der Waals surface area contributed by atoms with Gasteiger partial charge < -0.3 is 20.3 Å². The molecule has 9 nitrogen and oxygen atoms in total. The van der Waals surface area contributed by atoms with Gasteiger partial charge in [0.25, 0.3) is 5.91 Å². The first kappa shape index (κ1) is 18.7. The number of benzene rings is 1. The number of carbonyl (C=O) groups is 3. The highest BCUT2D eigenvalue weighted by atomic mass is 16.6. The number of hydrogen-bond donors (Lipinski definition) is 1. The fraction of sp³-hybridized carbons (Fsp3) is 0.444. The zero-order valence-corrected chi connectivity index (χ0v) is 15.2. The molecule has 27 heavy (non-hydrogen) atoms. The van der Waals surface area contributed by atoms with E-state index in [4.69, 9.17) is 10.5 Å². The quantitative estimate of drug-likeness (QED) is 0.822. The third-order valence-corrected chi connectivity index (χ3v) is 4.60. The number of carbonyl (C=O) groups excluding carboxylic acids is 3. The maximum Gasteiger partial charge on any atom is 0.409 e. The van der Waals surface area contributed by atoms with E-state index in [1.165, 1.54) is 5.01 Å². The maximum atomic E-state index is 12.8. The highest BCUT2D eigenvalue weighted by molar-refractivity contribution is 6.40. The molecule has 2 N–H and O–H groups in total. The van der Waals surface area contributed by atoms with E-state index >= 15 is 0 Å². The number of rotatable bonds is 4. The Morgan fingerprint density at radius 1 is 1.11 bits per heavy atom. The molecule has 2 aliphatic heterocycles. The lowest BCUT2D eigenvalue weighted by molar-refractivity contribution is -0.125. The molecule has 144 valence electrons. The Morgan fingerprint density at radius 2 is 1.74 bits per heavy atom. The molecule has 0 bridgehead atoms. The number of piperazine rings is 1. The van der Waals surface area contributed by atoms with Crippen LogP contribution in [0.15, 0.2) is 35.4 Å². The first-order chi connectivity index (χ1) is 13.0. The number of para-hydroxylation sites is 1. The predicted molar refractivity (Wildman–Crippen MR) is 99.1 cm³/mol. The Labute approximate surface area is 157 Å². The molecule has 2 heterocycles. The number of nitrogens with two attached hydrogens (primary N) is 1. The van der Waals surface area contributed by atoms with E-state index < -0.39 is 11.9 Å². The van der Waals surface area contributed by atoms with Crippen LogP contribution in [0.5, 0.6) is 0 Å². The standard InChI is InChI=1S/C18H23N5O4/c1-2-27-18(26)22-10-8-21(9-11-22)17(25)14-12-15(16(19)24)23(20-14)13-6-4-3-5-7-13/h3-7,15H,2,8-12H2,1H3,(H2,19,24)/t15-/m1/s1. The van der Waals surface area contributed by atoms with Gasteiger partial charge >= 0.3 is 6.09 Å². The normalized spacial score (nSPS) is 19.7. The van der Waals surface area contributed by atoms with E-state index in [0.717, 1.165) is 0 Å². The summed E-state index contributed by atoms with van der Waals surface area (Å²) < 4.78 is 4.98. The Hall–Kier alpha value is -3.10. The number of ether oxygens (including phenoxy) is 1. The summed E-state index contributed by atoms with van der Waals surface area (Å²) in [5.41, 5.74) is 6.51. The van der Waals surface area contributed by atoms with Gasteiger partial charge in [-0.05, 0) is 19.1 Å². The molecule has 0 unspecified atom stereocenters. The van der Waals surface area contributed by atoms with Crippen LogP contribution in [0.25, 0.3) is 0 Å². The molecule has 3 rings (SSSR count). The molecule has 1 fully saturated rings. The summed E-state index contributed by atoms with van der Waals surface area (Å²) in [7, 11) is 0. The monoisotopic (exact) mass is 373 g/mol. The molecular weight excluding hydrogens is 350 g/mol. The summed E-state index contributed by atoms with van der Waals surface area (Å²) in [5, 5.41) is 5.88. The van der Waals surface area contributed by atoms with E-state index in [2.05, 4.69) is 5.10 Å². The van der Waals surface area contributed by atoms with E-state index in [0.29, 0.717) is 44.2 Å². The number of primary amides is 1. The minimum absolute atomic E-state index is 0.168. The third kappa shape index (κ3) is 4.02. The van der Waals surface area contributed by atoms with Crippen molar-refractivity contribution in [3.8, 4) is 0 Å². The van der Waals surface area contributed by atoms with Crippen molar-refractivity contribution in [1.29, 1.82) is 0 Å². The number of anilines is 1. The SMILES string of the molecule is CCOC(=O)N1CCN(C(=O)C2=NN(c3ccccc3)[C@@H](C(N)=O)C2)CC1. The van der Waals surface area contributed by atoms with Gasteiger partial charge in [0.15, 0.2) is 0 Å². The van der Waals surface area contributed by atoms with Crippen molar-refractivity contribution in [1.82, 2.24) is 9.80 Å². The van der Waals surface area contributed by atoms with Gasteiger partial charge in [0, 0.05) is 32.6 Å². The van der Waals surface area contributed by atoms with Crippen LogP contribution in [0.2, 0.25) is 0 Å². The molecule has 9 heteroatoms. The van der Waals surface area contributed by atoms with E-state index in [1.807, 2.05) is 30.3 Å². The molecule has 1 aromatic carbocycles. The summed E-state index contributed by atoms with van der Waals surface area (Å²) in [4.78, 5) is 39.6. The maximum absolute atomic E-state index is 12.8. The van der Waals surface area contributed by atoms with Crippen LogP contribution in [-0.4, -0.2) is 72.2 Å². The summed E-state index contributed by atoms with van der Waals surface area (Å²) in [5.74, 6) is -0.763. The molecule has 1 saturated heterocycles. The summed E-state index contributed by atoms with van der Waals surface area (Å²) >= 11 is 0. The molecule has 0 aliphatic carbocycles. The van der Waals surface area contributed by atoms with Crippen molar-refractivity contribution in [3.63, 3.8) is 0 Å². The number of hydrogen-bond acceptors (Lipinski definition) is 6. The first-order valence-corrected chi connectivity index (χ1v) is 8.93. The second kappa shape index (κ2) is 8.07. The average Bonchev–Trinajstić information content (AvgIpc) is 3.14. The summed E-state index contributed by atoms with van der Waals surface area (Å²) in [6, 6.07) is 8.45. The number of amides is 3. The first-order valence-electron chi connectivity index (χ1n) is 8.93. The van der Waals surface area contributed by atoms with Crippen molar-refractivity contribution in [2.75, 3.05) is 37.8 Å². The number of hydrazone groups is 1. The van der Waals surface area contributed by atoms with Crippen LogP contribution in [0.1, 0.15) is 13.3 Å². The van der Waals surface area contributed by atoms with Gasteiger partial charge in [-0.1, -0.05) is 18.2 Å². The number of nitrogens with zero attached hydrogens (tertiary/aromatic N) is 4. The zero-order chi connectivity index (χ0) is 19.4. The molecule has 3 amide bonds. The second-order valence-electron chi connectivity index (χ2n) is 6.33. The van der Waals surface area contributed by atoms with Crippen LogP contribution in [-0.2, 0) is 14.3 Å². The molecule has 1 aromatic rings. The Balaban J connectivity index is 1.68. The lowest BCUT2D eigenvalue weighted by Gasteiger charge is -2.33. The average molecular weight is 373 g/mol. The smallest absolute Gasteiger partial charge is 0.409 e. The Kier molecular flexibility index (Phi) is 5.58. The van der Waals surface area contributed by atoms with Crippen LogP contribution in [0, 0.1) is 0 Å². The fourth-order valence-electron chi connectivity index (χ4n) is 3.17. The van der Waals surface area contributed by atoms with Gasteiger partial charge in [0.1, 0.15) is 11.8 Å². The highest BCUT2D eigenvalue weighted by Crippen LogP contribution is 2.25. The van der Waals surface area contributed by atoms with E-state index in [1.54, 1.807) is 16.7 Å². The second-order valence-corrected chi connectivity index (χ2v) is 6.33. The lowest BCUT2D eigenvalue weighted by Crippen LogP contribution is -2.52. The van der Waals surface area contributed by atoms with Crippen molar-refractivity contribution >= 4 is 29.3 Å². The van der Waals surface area contributed by atoms with E-state index in [9.17, 15) is 14.4 Å². The molecule has 1 atom stereocenters. The van der Waals surface area contributed by atoms with Crippen LogP contribution in [0.3, 0.4) is 0 Å². The molecule has 0 saturated carbocycles. The molecule has 2 aliphatic rings.